The van der Waals surface area contributed by atoms with E-state index in [0.29, 0.717) is 11.0 Å². The first-order chi connectivity index (χ1) is 9.69. The van der Waals surface area contributed by atoms with Gasteiger partial charge in [0.05, 0.1) is 0 Å². The van der Waals surface area contributed by atoms with E-state index < -0.39 is 10.8 Å². The van der Waals surface area contributed by atoms with E-state index in [1.807, 2.05) is 24.3 Å². The minimum atomic E-state index is -0.813. The highest BCUT2D eigenvalue weighted by Gasteiger charge is 2.19. The standard InChI is InChI=1S/C16H21NO2S/c1-2-16(18)17-14-8-6-7-13(11-14)12-20(19)15-9-4-3-5-10-15/h2,6-8,11,15H,1,3-5,9-10,12H2,(H,17,18). The van der Waals surface area contributed by atoms with Crippen molar-refractivity contribution < 1.29 is 9.00 Å². The van der Waals surface area contributed by atoms with Crippen LogP contribution in [0.15, 0.2) is 36.9 Å². The van der Waals surface area contributed by atoms with Crippen LogP contribution in [0.1, 0.15) is 37.7 Å². The fourth-order valence-electron chi connectivity index (χ4n) is 2.54. The normalized spacial score (nSPS) is 17.4. The van der Waals surface area contributed by atoms with Crippen LogP contribution in [-0.2, 0) is 21.3 Å². The fraction of sp³-hybridized carbons (Fsp3) is 0.438. The second-order valence-electron chi connectivity index (χ2n) is 5.18. The molecule has 1 unspecified atom stereocenters. The first kappa shape index (κ1) is 15.0. The molecular formula is C16H21NO2S. The maximum absolute atomic E-state index is 12.4. The molecule has 0 spiro atoms. The van der Waals surface area contributed by atoms with Gasteiger partial charge in [-0.1, -0.05) is 38.0 Å². The van der Waals surface area contributed by atoms with Crippen LogP contribution in [0.2, 0.25) is 0 Å². The number of carbonyl (C=O) groups excluding carboxylic acids is 1. The lowest BCUT2D eigenvalue weighted by Crippen LogP contribution is -2.19. The van der Waals surface area contributed by atoms with Gasteiger partial charge in [0.1, 0.15) is 0 Å². The molecule has 0 aromatic heterocycles. The summed E-state index contributed by atoms with van der Waals surface area (Å²) in [4.78, 5) is 11.3. The quantitative estimate of drug-likeness (QED) is 0.845. The number of hydrogen-bond acceptors (Lipinski definition) is 2. The minimum absolute atomic E-state index is 0.226. The van der Waals surface area contributed by atoms with Crippen molar-refractivity contribution in [3.8, 4) is 0 Å². The molecule has 1 amide bonds. The summed E-state index contributed by atoms with van der Waals surface area (Å²) in [7, 11) is -0.813. The van der Waals surface area contributed by atoms with Gasteiger partial charge in [-0.05, 0) is 36.6 Å². The summed E-state index contributed by atoms with van der Waals surface area (Å²) in [6.07, 6.45) is 7.08. The van der Waals surface area contributed by atoms with Crippen LogP contribution < -0.4 is 5.32 Å². The highest BCUT2D eigenvalue weighted by atomic mass is 32.2. The number of amides is 1. The first-order valence-corrected chi connectivity index (χ1v) is 8.47. The van der Waals surface area contributed by atoms with Crippen LogP contribution in [0.4, 0.5) is 5.69 Å². The number of carbonyl (C=O) groups is 1. The molecule has 1 aliphatic carbocycles. The third-order valence-corrected chi connectivity index (χ3v) is 5.45. The van der Waals surface area contributed by atoms with E-state index in [2.05, 4.69) is 11.9 Å². The minimum Gasteiger partial charge on any atom is -0.323 e. The van der Waals surface area contributed by atoms with Gasteiger partial charge in [-0.15, -0.1) is 0 Å². The molecule has 1 aliphatic rings. The molecule has 20 heavy (non-hydrogen) atoms. The molecule has 1 aromatic carbocycles. The fourth-order valence-corrected chi connectivity index (χ4v) is 4.15. The van der Waals surface area contributed by atoms with Gasteiger partial charge in [-0.25, -0.2) is 0 Å². The predicted molar refractivity (Wildman–Crippen MR) is 84.0 cm³/mol. The molecule has 1 fully saturated rings. The van der Waals surface area contributed by atoms with E-state index in [9.17, 15) is 9.00 Å². The van der Waals surface area contributed by atoms with Gasteiger partial charge in [-0.2, -0.15) is 0 Å². The van der Waals surface area contributed by atoms with Crippen molar-refractivity contribution in [1.29, 1.82) is 0 Å². The molecule has 3 nitrogen and oxygen atoms in total. The predicted octanol–water partition coefficient (Wildman–Crippen LogP) is 3.39. The van der Waals surface area contributed by atoms with Crippen LogP contribution in [0.3, 0.4) is 0 Å². The Morgan fingerprint density at radius 2 is 2.10 bits per heavy atom. The van der Waals surface area contributed by atoms with E-state index in [4.69, 9.17) is 0 Å². The Morgan fingerprint density at radius 1 is 1.35 bits per heavy atom. The lowest BCUT2D eigenvalue weighted by molar-refractivity contribution is -0.111. The highest BCUT2D eigenvalue weighted by Crippen LogP contribution is 2.24. The Hall–Kier alpha value is -1.42. The van der Waals surface area contributed by atoms with E-state index in [-0.39, 0.29) is 5.91 Å². The summed E-state index contributed by atoms with van der Waals surface area (Å²) in [5.74, 6) is 0.346. The summed E-state index contributed by atoms with van der Waals surface area (Å²) >= 11 is 0. The van der Waals surface area contributed by atoms with Crippen molar-refractivity contribution in [1.82, 2.24) is 0 Å². The van der Waals surface area contributed by atoms with Crippen LogP contribution >= 0.6 is 0 Å². The molecule has 1 N–H and O–H groups in total. The molecule has 0 aliphatic heterocycles. The van der Waals surface area contributed by atoms with E-state index >= 15 is 0 Å². The van der Waals surface area contributed by atoms with Gasteiger partial charge in [0.25, 0.3) is 0 Å². The molecule has 1 atom stereocenters. The zero-order chi connectivity index (χ0) is 14.4. The Morgan fingerprint density at radius 3 is 2.80 bits per heavy atom. The van der Waals surface area contributed by atoms with Gasteiger partial charge in [-0.3, -0.25) is 9.00 Å². The topological polar surface area (TPSA) is 46.2 Å². The molecule has 1 saturated carbocycles. The van der Waals surface area contributed by atoms with E-state index in [0.717, 1.165) is 24.1 Å². The Balaban J connectivity index is 1.98. The number of nitrogens with one attached hydrogen (secondary N) is 1. The highest BCUT2D eigenvalue weighted by molar-refractivity contribution is 7.84. The number of anilines is 1. The second-order valence-corrected chi connectivity index (χ2v) is 6.90. The molecular weight excluding hydrogens is 270 g/mol. The van der Waals surface area contributed by atoms with Crippen LogP contribution in [-0.4, -0.2) is 15.4 Å². The van der Waals surface area contributed by atoms with Crippen LogP contribution in [0.5, 0.6) is 0 Å². The van der Waals surface area contributed by atoms with Gasteiger partial charge >= 0.3 is 0 Å². The Kier molecular flexibility index (Phi) is 5.53. The number of benzene rings is 1. The number of hydrogen-bond donors (Lipinski definition) is 1. The van der Waals surface area contributed by atoms with Crippen molar-refractivity contribution in [2.75, 3.05) is 5.32 Å². The SMILES string of the molecule is C=CC(=O)Nc1cccc(CS(=O)C2CCCCC2)c1. The van der Waals surface area contributed by atoms with Crippen LogP contribution in [0, 0.1) is 0 Å². The van der Waals surface area contributed by atoms with Gasteiger partial charge in [0.15, 0.2) is 0 Å². The third-order valence-electron chi connectivity index (χ3n) is 3.61. The lowest BCUT2D eigenvalue weighted by Gasteiger charge is -2.21. The summed E-state index contributed by atoms with van der Waals surface area (Å²) in [5.41, 5.74) is 1.74. The number of rotatable bonds is 5. The molecule has 0 radical (unpaired) electrons. The average Bonchev–Trinajstić information content (AvgIpc) is 2.48. The molecule has 108 valence electrons. The van der Waals surface area contributed by atoms with Crippen molar-refractivity contribution in [2.45, 2.75) is 43.1 Å². The molecule has 0 heterocycles. The Labute approximate surface area is 122 Å². The molecule has 4 heteroatoms. The van der Waals surface area contributed by atoms with E-state index in [1.165, 1.54) is 25.3 Å². The molecule has 2 rings (SSSR count). The van der Waals surface area contributed by atoms with Crippen molar-refractivity contribution in [2.24, 2.45) is 0 Å². The van der Waals surface area contributed by atoms with Crippen molar-refractivity contribution in [3.63, 3.8) is 0 Å². The molecule has 0 saturated heterocycles. The van der Waals surface area contributed by atoms with Gasteiger partial charge in [0.2, 0.25) is 5.91 Å². The smallest absolute Gasteiger partial charge is 0.247 e. The Bertz CT molecular complexity index is 507. The summed E-state index contributed by atoms with van der Waals surface area (Å²) in [5, 5.41) is 3.07. The largest absolute Gasteiger partial charge is 0.323 e. The maximum Gasteiger partial charge on any atom is 0.247 e. The van der Waals surface area contributed by atoms with Crippen LogP contribution in [0.25, 0.3) is 0 Å². The lowest BCUT2D eigenvalue weighted by atomic mass is 10.0. The van der Waals surface area contributed by atoms with Crippen molar-refractivity contribution >= 4 is 22.4 Å². The second kappa shape index (κ2) is 7.39. The summed E-state index contributed by atoms with van der Waals surface area (Å²) in [6, 6.07) is 7.56. The zero-order valence-corrected chi connectivity index (χ0v) is 12.5. The zero-order valence-electron chi connectivity index (χ0n) is 11.6. The van der Waals surface area contributed by atoms with Gasteiger partial charge in [0, 0.05) is 27.5 Å². The monoisotopic (exact) mass is 291 g/mol. The summed E-state index contributed by atoms with van der Waals surface area (Å²) < 4.78 is 12.4. The van der Waals surface area contributed by atoms with Gasteiger partial charge < -0.3 is 5.32 Å². The third kappa shape index (κ3) is 4.30. The van der Waals surface area contributed by atoms with E-state index in [1.54, 1.807) is 0 Å². The molecule has 0 bridgehead atoms. The maximum atomic E-state index is 12.4. The first-order valence-electron chi connectivity index (χ1n) is 7.08. The summed E-state index contributed by atoms with van der Waals surface area (Å²) in [6.45, 7) is 3.43. The average molecular weight is 291 g/mol. The van der Waals surface area contributed by atoms with Crippen molar-refractivity contribution in [3.05, 3.63) is 42.5 Å². The molecule has 1 aromatic rings.